The van der Waals surface area contributed by atoms with Gasteiger partial charge in [-0.25, -0.2) is 4.98 Å². The molecule has 1 aromatic carbocycles. The quantitative estimate of drug-likeness (QED) is 0.845. The zero-order chi connectivity index (χ0) is 13.1. The Hall–Kier alpha value is -2.14. The van der Waals surface area contributed by atoms with Crippen LogP contribution in [-0.4, -0.2) is 20.6 Å². The van der Waals surface area contributed by atoms with Gasteiger partial charge in [0.2, 0.25) is 0 Å². The number of nitrogens with zero attached hydrogens (tertiary/aromatic N) is 2. The SMILES string of the molecule is Cn1ccnc1Cc1ccc(C(N)C(=O)O)cc1. The molecule has 0 aliphatic heterocycles. The predicted octanol–water partition coefficient (Wildman–Crippen LogP) is 1.10. The molecule has 0 aliphatic carbocycles. The maximum Gasteiger partial charge on any atom is 0.325 e. The number of benzene rings is 1. The minimum Gasteiger partial charge on any atom is -0.480 e. The number of rotatable bonds is 4. The number of imidazole rings is 1. The van der Waals surface area contributed by atoms with Crippen LogP contribution >= 0.6 is 0 Å². The molecule has 5 heteroatoms. The Kier molecular flexibility index (Phi) is 3.43. The molecule has 0 bridgehead atoms. The number of nitrogens with two attached hydrogens (primary N) is 1. The van der Waals surface area contributed by atoms with Gasteiger partial charge < -0.3 is 15.4 Å². The van der Waals surface area contributed by atoms with Crippen molar-refractivity contribution in [2.75, 3.05) is 0 Å². The van der Waals surface area contributed by atoms with E-state index in [0.717, 1.165) is 11.4 Å². The predicted molar refractivity (Wildman–Crippen MR) is 67.0 cm³/mol. The molecule has 0 saturated heterocycles. The van der Waals surface area contributed by atoms with Crippen LogP contribution in [0, 0.1) is 0 Å². The van der Waals surface area contributed by atoms with E-state index in [0.29, 0.717) is 12.0 Å². The molecule has 1 heterocycles. The van der Waals surface area contributed by atoms with E-state index >= 15 is 0 Å². The van der Waals surface area contributed by atoms with Gasteiger partial charge in [0.15, 0.2) is 0 Å². The minimum atomic E-state index is -1.02. The van der Waals surface area contributed by atoms with Crippen molar-refractivity contribution >= 4 is 5.97 Å². The molecule has 0 spiro atoms. The van der Waals surface area contributed by atoms with Crippen molar-refractivity contribution in [2.24, 2.45) is 12.8 Å². The van der Waals surface area contributed by atoms with Gasteiger partial charge in [-0.1, -0.05) is 24.3 Å². The molecule has 1 atom stereocenters. The van der Waals surface area contributed by atoms with Gasteiger partial charge in [-0.2, -0.15) is 0 Å². The summed E-state index contributed by atoms with van der Waals surface area (Å²) in [5.41, 5.74) is 7.21. The lowest BCUT2D eigenvalue weighted by Crippen LogP contribution is -2.20. The standard InChI is InChI=1S/C13H15N3O2/c1-16-7-6-15-11(16)8-9-2-4-10(5-3-9)12(14)13(17)18/h2-7,12H,8,14H2,1H3,(H,17,18). The molecular formula is C13H15N3O2. The lowest BCUT2D eigenvalue weighted by atomic mass is 10.0. The Balaban J connectivity index is 2.13. The van der Waals surface area contributed by atoms with E-state index < -0.39 is 12.0 Å². The van der Waals surface area contributed by atoms with E-state index in [1.165, 1.54) is 0 Å². The summed E-state index contributed by atoms with van der Waals surface area (Å²) >= 11 is 0. The normalized spacial score (nSPS) is 12.3. The second-order valence-electron chi connectivity index (χ2n) is 4.19. The minimum absolute atomic E-state index is 0.603. The van der Waals surface area contributed by atoms with Crippen LogP contribution in [-0.2, 0) is 18.3 Å². The summed E-state index contributed by atoms with van der Waals surface area (Å²) < 4.78 is 1.96. The van der Waals surface area contributed by atoms with Gasteiger partial charge in [0.1, 0.15) is 11.9 Å². The molecule has 2 aromatic rings. The first-order valence-electron chi connectivity index (χ1n) is 5.61. The number of aliphatic carboxylic acids is 1. The highest BCUT2D eigenvalue weighted by Crippen LogP contribution is 2.14. The zero-order valence-electron chi connectivity index (χ0n) is 10.1. The van der Waals surface area contributed by atoms with E-state index in [-0.39, 0.29) is 0 Å². The molecule has 0 aliphatic rings. The summed E-state index contributed by atoms with van der Waals surface area (Å²) in [4.78, 5) is 15.0. The largest absolute Gasteiger partial charge is 0.480 e. The van der Waals surface area contributed by atoms with Crippen LogP contribution in [0.1, 0.15) is 23.0 Å². The fourth-order valence-electron chi connectivity index (χ4n) is 1.73. The molecule has 94 valence electrons. The summed E-state index contributed by atoms with van der Waals surface area (Å²) in [6, 6.07) is 6.29. The van der Waals surface area contributed by atoms with Crippen LogP contribution in [0.3, 0.4) is 0 Å². The molecule has 3 N–H and O–H groups in total. The molecule has 0 radical (unpaired) electrons. The van der Waals surface area contributed by atoms with Crippen molar-refractivity contribution in [3.63, 3.8) is 0 Å². The fourth-order valence-corrected chi connectivity index (χ4v) is 1.73. The van der Waals surface area contributed by atoms with Crippen molar-refractivity contribution in [1.82, 2.24) is 9.55 Å². The lowest BCUT2D eigenvalue weighted by Gasteiger charge is -2.08. The molecular weight excluding hydrogens is 230 g/mol. The average molecular weight is 245 g/mol. The third-order valence-corrected chi connectivity index (χ3v) is 2.89. The summed E-state index contributed by atoms with van der Waals surface area (Å²) in [6.45, 7) is 0. The van der Waals surface area contributed by atoms with Gasteiger partial charge in [0, 0.05) is 25.9 Å². The number of aryl methyl sites for hydroxylation is 1. The lowest BCUT2D eigenvalue weighted by molar-refractivity contribution is -0.138. The van der Waals surface area contributed by atoms with Gasteiger partial charge in [-0.05, 0) is 11.1 Å². The number of hydrogen-bond acceptors (Lipinski definition) is 3. The Bertz CT molecular complexity index is 546. The van der Waals surface area contributed by atoms with Crippen LogP contribution in [0.4, 0.5) is 0 Å². The van der Waals surface area contributed by atoms with Gasteiger partial charge in [0.25, 0.3) is 0 Å². The first-order chi connectivity index (χ1) is 8.58. The molecule has 0 saturated carbocycles. The Morgan fingerprint density at radius 1 is 1.44 bits per heavy atom. The molecule has 0 fully saturated rings. The highest BCUT2D eigenvalue weighted by molar-refractivity contribution is 5.75. The Morgan fingerprint density at radius 2 is 2.11 bits per heavy atom. The highest BCUT2D eigenvalue weighted by Gasteiger charge is 2.13. The molecule has 5 nitrogen and oxygen atoms in total. The number of carboxylic acid groups (broad SMARTS) is 1. The van der Waals surface area contributed by atoms with Crippen molar-refractivity contribution in [3.8, 4) is 0 Å². The van der Waals surface area contributed by atoms with E-state index in [2.05, 4.69) is 4.98 Å². The average Bonchev–Trinajstić information content (AvgIpc) is 2.75. The number of carboxylic acids is 1. The van der Waals surface area contributed by atoms with E-state index in [1.54, 1.807) is 18.3 Å². The van der Waals surface area contributed by atoms with Crippen molar-refractivity contribution < 1.29 is 9.90 Å². The second-order valence-corrected chi connectivity index (χ2v) is 4.19. The van der Waals surface area contributed by atoms with Crippen LogP contribution in [0.5, 0.6) is 0 Å². The zero-order valence-corrected chi connectivity index (χ0v) is 10.1. The highest BCUT2D eigenvalue weighted by atomic mass is 16.4. The maximum absolute atomic E-state index is 10.7. The summed E-state index contributed by atoms with van der Waals surface area (Å²) in [5, 5.41) is 8.81. The number of aromatic nitrogens is 2. The first-order valence-corrected chi connectivity index (χ1v) is 5.61. The van der Waals surface area contributed by atoms with Gasteiger partial charge >= 0.3 is 5.97 Å². The number of carbonyl (C=O) groups is 1. The topological polar surface area (TPSA) is 81.1 Å². The van der Waals surface area contributed by atoms with Crippen LogP contribution in [0.15, 0.2) is 36.7 Å². The van der Waals surface area contributed by atoms with Crippen LogP contribution in [0.2, 0.25) is 0 Å². The summed E-state index contributed by atoms with van der Waals surface area (Å²) in [7, 11) is 1.94. The molecule has 1 aromatic heterocycles. The molecule has 1 unspecified atom stereocenters. The van der Waals surface area contributed by atoms with Crippen molar-refractivity contribution in [1.29, 1.82) is 0 Å². The third-order valence-electron chi connectivity index (χ3n) is 2.89. The summed E-state index contributed by atoms with van der Waals surface area (Å²) in [6.07, 6.45) is 4.36. The van der Waals surface area contributed by atoms with Crippen LogP contribution < -0.4 is 5.73 Å². The monoisotopic (exact) mass is 245 g/mol. The summed E-state index contributed by atoms with van der Waals surface area (Å²) in [5.74, 6) is -0.0582. The third kappa shape index (κ3) is 2.57. The van der Waals surface area contributed by atoms with Gasteiger partial charge in [0.05, 0.1) is 0 Å². The molecule has 18 heavy (non-hydrogen) atoms. The van der Waals surface area contributed by atoms with Crippen LogP contribution in [0.25, 0.3) is 0 Å². The van der Waals surface area contributed by atoms with E-state index in [9.17, 15) is 4.79 Å². The van der Waals surface area contributed by atoms with Crippen molar-refractivity contribution in [3.05, 3.63) is 53.6 Å². The maximum atomic E-state index is 10.7. The first kappa shape index (κ1) is 12.3. The van der Waals surface area contributed by atoms with Crippen molar-refractivity contribution in [2.45, 2.75) is 12.5 Å². The van der Waals surface area contributed by atoms with E-state index in [4.69, 9.17) is 10.8 Å². The molecule has 2 rings (SSSR count). The van der Waals surface area contributed by atoms with Gasteiger partial charge in [-0.3, -0.25) is 4.79 Å². The Labute approximate surface area is 105 Å². The Morgan fingerprint density at radius 3 is 2.61 bits per heavy atom. The van der Waals surface area contributed by atoms with Gasteiger partial charge in [-0.15, -0.1) is 0 Å². The molecule has 0 amide bonds. The number of hydrogen-bond donors (Lipinski definition) is 2. The fraction of sp³-hybridized carbons (Fsp3) is 0.231. The second kappa shape index (κ2) is 5.01. The van der Waals surface area contributed by atoms with E-state index in [1.807, 2.05) is 29.9 Å². The smallest absolute Gasteiger partial charge is 0.325 e.